The molecular formula is C9H13NO2S. The van der Waals surface area contributed by atoms with Crippen molar-refractivity contribution in [1.82, 2.24) is 4.98 Å². The van der Waals surface area contributed by atoms with E-state index in [1.807, 2.05) is 13.8 Å². The molecule has 0 unspecified atom stereocenters. The molecule has 0 aromatic carbocycles. The minimum atomic E-state index is -0.903. The quantitative estimate of drug-likeness (QED) is 0.809. The number of hydrogen-bond donors (Lipinski definition) is 1. The minimum Gasteiger partial charge on any atom is -0.476 e. The predicted molar refractivity (Wildman–Crippen MR) is 52.4 cm³/mol. The van der Waals surface area contributed by atoms with Gasteiger partial charge in [0.2, 0.25) is 0 Å². The molecule has 1 rings (SSSR count). The van der Waals surface area contributed by atoms with Crippen LogP contribution in [0.25, 0.3) is 0 Å². The monoisotopic (exact) mass is 199 g/mol. The molecule has 0 spiro atoms. The Hall–Kier alpha value is -0.900. The number of aromatic nitrogens is 1. The molecule has 3 nitrogen and oxygen atoms in total. The van der Waals surface area contributed by atoms with Crippen molar-refractivity contribution in [3.63, 3.8) is 0 Å². The maximum atomic E-state index is 10.8. The van der Waals surface area contributed by atoms with Gasteiger partial charge < -0.3 is 5.11 Å². The fourth-order valence-corrected chi connectivity index (χ4v) is 2.22. The molecule has 0 amide bonds. The number of rotatable bonds is 4. The van der Waals surface area contributed by atoms with Crippen LogP contribution in [0.5, 0.6) is 0 Å². The Morgan fingerprint density at radius 1 is 1.54 bits per heavy atom. The maximum absolute atomic E-state index is 10.8. The summed E-state index contributed by atoms with van der Waals surface area (Å²) in [5, 5.41) is 9.76. The van der Waals surface area contributed by atoms with Gasteiger partial charge in [-0.05, 0) is 12.8 Å². The van der Waals surface area contributed by atoms with Crippen LogP contribution < -0.4 is 0 Å². The second-order valence-corrected chi connectivity index (χ2v) is 3.96. The maximum Gasteiger partial charge on any atom is 0.355 e. The van der Waals surface area contributed by atoms with Crippen molar-refractivity contribution >= 4 is 17.3 Å². The van der Waals surface area contributed by atoms with Gasteiger partial charge in [-0.3, -0.25) is 0 Å². The lowest BCUT2D eigenvalue weighted by molar-refractivity contribution is 0.0690. The number of carbonyl (C=O) groups is 1. The first-order valence-corrected chi connectivity index (χ1v) is 5.22. The van der Waals surface area contributed by atoms with E-state index in [4.69, 9.17) is 5.11 Å². The highest BCUT2D eigenvalue weighted by molar-refractivity contribution is 7.11. The Kier molecular flexibility index (Phi) is 3.42. The summed E-state index contributed by atoms with van der Waals surface area (Å²) in [6.45, 7) is 4.02. The van der Waals surface area contributed by atoms with Gasteiger partial charge in [0.05, 0.1) is 5.01 Å². The molecule has 1 aromatic rings. The van der Waals surface area contributed by atoms with Crippen LogP contribution in [0.2, 0.25) is 0 Å². The van der Waals surface area contributed by atoms with Gasteiger partial charge in [0, 0.05) is 4.88 Å². The summed E-state index contributed by atoms with van der Waals surface area (Å²) >= 11 is 1.52. The van der Waals surface area contributed by atoms with Gasteiger partial charge >= 0.3 is 5.97 Å². The molecule has 72 valence electrons. The fraction of sp³-hybridized carbons (Fsp3) is 0.556. The SMILES string of the molecule is CCCc1sc(CC)nc1C(=O)O. The Morgan fingerprint density at radius 2 is 2.23 bits per heavy atom. The summed E-state index contributed by atoms with van der Waals surface area (Å²) in [7, 11) is 0. The average Bonchev–Trinajstić information content (AvgIpc) is 2.48. The zero-order valence-corrected chi connectivity index (χ0v) is 8.65. The van der Waals surface area contributed by atoms with Gasteiger partial charge in [-0.1, -0.05) is 20.3 Å². The second kappa shape index (κ2) is 4.37. The lowest BCUT2D eigenvalue weighted by atomic mass is 10.2. The van der Waals surface area contributed by atoms with E-state index in [0.29, 0.717) is 0 Å². The predicted octanol–water partition coefficient (Wildman–Crippen LogP) is 2.36. The molecule has 0 saturated carbocycles. The van der Waals surface area contributed by atoms with Crippen LogP contribution in [0.3, 0.4) is 0 Å². The number of thiazole rings is 1. The van der Waals surface area contributed by atoms with Crippen molar-refractivity contribution in [1.29, 1.82) is 0 Å². The summed E-state index contributed by atoms with van der Waals surface area (Å²) in [4.78, 5) is 15.7. The Bertz CT molecular complexity index is 307. The molecular weight excluding hydrogens is 186 g/mol. The minimum absolute atomic E-state index is 0.253. The first-order chi connectivity index (χ1) is 6.19. The smallest absolute Gasteiger partial charge is 0.355 e. The van der Waals surface area contributed by atoms with Gasteiger partial charge in [0.1, 0.15) is 0 Å². The van der Waals surface area contributed by atoms with Crippen molar-refractivity contribution < 1.29 is 9.90 Å². The molecule has 0 aliphatic rings. The van der Waals surface area contributed by atoms with E-state index in [1.54, 1.807) is 0 Å². The Labute approximate surface area is 81.4 Å². The summed E-state index contributed by atoms with van der Waals surface area (Å²) in [6, 6.07) is 0. The summed E-state index contributed by atoms with van der Waals surface area (Å²) in [5.74, 6) is -0.903. The number of hydrogen-bond acceptors (Lipinski definition) is 3. The lowest BCUT2D eigenvalue weighted by Gasteiger charge is -1.92. The first-order valence-electron chi connectivity index (χ1n) is 4.40. The van der Waals surface area contributed by atoms with E-state index >= 15 is 0 Å². The Morgan fingerprint density at radius 3 is 2.69 bits per heavy atom. The van der Waals surface area contributed by atoms with Crippen molar-refractivity contribution in [3.8, 4) is 0 Å². The van der Waals surface area contributed by atoms with E-state index < -0.39 is 5.97 Å². The zero-order valence-electron chi connectivity index (χ0n) is 7.83. The summed E-state index contributed by atoms with van der Waals surface area (Å²) in [6.07, 6.45) is 2.60. The highest BCUT2D eigenvalue weighted by Gasteiger charge is 2.15. The van der Waals surface area contributed by atoms with Crippen LogP contribution in [0.15, 0.2) is 0 Å². The standard InChI is InChI=1S/C9H13NO2S/c1-3-5-6-8(9(11)12)10-7(4-2)13-6/h3-5H2,1-2H3,(H,11,12). The molecule has 0 bridgehead atoms. The van der Waals surface area contributed by atoms with Crippen LogP contribution in [0, 0.1) is 0 Å². The highest BCUT2D eigenvalue weighted by Crippen LogP contribution is 2.20. The molecule has 0 saturated heterocycles. The van der Waals surface area contributed by atoms with Crippen LogP contribution >= 0.6 is 11.3 Å². The molecule has 1 aromatic heterocycles. The van der Waals surface area contributed by atoms with Crippen molar-refractivity contribution in [2.75, 3.05) is 0 Å². The number of carboxylic acid groups (broad SMARTS) is 1. The molecule has 13 heavy (non-hydrogen) atoms. The first kappa shape index (κ1) is 10.2. The van der Waals surface area contributed by atoms with Gasteiger partial charge in [0.15, 0.2) is 5.69 Å². The number of aromatic carboxylic acids is 1. The summed E-state index contributed by atoms with van der Waals surface area (Å²) in [5.41, 5.74) is 0.253. The van der Waals surface area contributed by atoms with Gasteiger partial charge in [-0.15, -0.1) is 11.3 Å². The van der Waals surface area contributed by atoms with Gasteiger partial charge in [-0.25, -0.2) is 9.78 Å². The topological polar surface area (TPSA) is 50.2 Å². The van der Waals surface area contributed by atoms with E-state index in [9.17, 15) is 4.79 Å². The van der Waals surface area contributed by atoms with Crippen LogP contribution in [0.1, 0.15) is 40.6 Å². The van der Waals surface area contributed by atoms with E-state index in [-0.39, 0.29) is 5.69 Å². The third kappa shape index (κ3) is 2.28. The van der Waals surface area contributed by atoms with Gasteiger partial charge in [0.25, 0.3) is 0 Å². The molecule has 1 heterocycles. The highest BCUT2D eigenvalue weighted by atomic mass is 32.1. The summed E-state index contributed by atoms with van der Waals surface area (Å²) < 4.78 is 0. The molecule has 0 fully saturated rings. The molecule has 0 atom stereocenters. The van der Waals surface area contributed by atoms with Crippen molar-refractivity contribution in [2.24, 2.45) is 0 Å². The van der Waals surface area contributed by atoms with Crippen LogP contribution in [-0.2, 0) is 12.8 Å². The number of carboxylic acids is 1. The van der Waals surface area contributed by atoms with Crippen molar-refractivity contribution in [3.05, 3.63) is 15.6 Å². The third-order valence-corrected chi connectivity index (χ3v) is 2.98. The van der Waals surface area contributed by atoms with E-state index in [2.05, 4.69) is 4.98 Å². The second-order valence-electron chi connectivity index (χ2n) is 2.79. The van der Waals surface area contributed by atoms with E-state index in [0.717, 1.165) is 29.1 Å². The third-order valence-electron chi connectivity index (χ3n) is 1.72. The molecule has 4 heteroatoms. The van der Waals surface area contributed by atoms with Crippen LogP contribution in [-0.4, -0.2) is 16.1 Å². The van der Waals surface area contributed by atoms with E-state index in [1.165, 1.54) is 11.3 Å². The van der Waals surface area contributed by atoms with Gasteiger partial charge in [-0.2, -0.15) is 0 Å². The number of aryl methyl sites for hydroxylation is 2. The lowest BCUT2D eigenvalue weighted by Crippen LogP contribution is -2.00. The number of nitrogens with zero attached hydrogens (tertiary/aromatic N) is 1. The fourth-order valence-electron chi connectivity index (χ4n) is 1.12. The molecule has 0 aliphatic carbocycles. The molecule has 0 radical (unpaired) electrons. The Balaban J connectivity index is 3.00. The van der Waals surface area contributed by atoms with Crippen LogP contribution in [0.4, 0.5) is 0 Å². The largest absolute Gasteiger partial charge is 0.476 e. The average molecular weight is 199 g/mol. The normalized spacial score (nSPS) is 10.3. The molecule has 1 N–H and O–H groups in total. The molecule has 0 aliphatic heterocycles. The zero-order chi connectivity index (χ0) is 9.84. The van der Waals surface area contributed by atoms with Crippen molar-refractivity contribution in [2.45, 2.75) is 33.1 Å².